The number of aliphatic hydroxyl groups is 1. The van der Waals surface area contributed by atoms with Gasteiger partial charge in [0.15, 0.2) is 0 Å². The first-order chi connectivity index (χ1) is 17.2. The van der Waals surface area contributed by atoms with Crippen molar-refractivity contribution in [3.05, 3.63) is 64.7 Å². The van der Waals surface area contributed by atoms with Crippen molar-refractivity contribution in [3.8, 4) is 0 Å². The van der Waals surface area contributed by atoms with Crippen LogP contribution in [0.2, 0.25) is 0 Å². The van der Waals surface area contributed by atoms with E-state index in [4.69, 9.17) is 4.74 Å². The summed E-state index contributed by atoms with van der Waals surface area (Å²) in [7, 11) is 0. The summed E-state index contributed by atoms with van der Waals surface area (Å²) in [6.45, 7) is 14.1. The average Bonchev–Trinajstić information content (AvgIpc) is 2.76. The van der Waals surface area contributed by atoms with Crippen molar-refractivity contribution in [1.29, 1.82) is 0 Å². The second-order valence-electron chi connectivity index (χ2n) is 10.8. The number of anilines is 1. The van der Waals surface area contributed by atoms with Crippen LogP contribution < -0.4 is 10.6 Å². The maximum atomic E-state index is 13.9. The molecule has 0 aliphatic carbocycles. The zero-order valence-corrected chi connectivity index (χ0v) is 23.2. The van der Waals surface area contributed by atoms with Gasteiger partial charge in [-0.05, 0) is 64.7 Å². The molecule has 0 saturated heterocycles. The lowest BCUT2D eigenvalue weighted by molar-refractivity contribution is -0.142. The molecule has 37 heavy (non-hydrogen) atoms. The summed E-state index contributed by atoms with van der Waals surface area (Å²) < 4.78 is 5.37. The minimum absolute atomic E-state index is 0.100. The van der Waals surface area contributed by atoms with Crippen LogP contribution >= 0.6 is 0 Å². The number of benzene rings is 2. The molecule has 0 spiro atoms. The number of aliphatic hydroxyl groups excluding tert-OH is 1. The lowest BCUT2D eigenvalue weighted by Crippen LogP contribution is -2.55. The van der Waals surface area contributed by atoms with Crippen molar-refractivity contribution in [2.75, 3.05) is 18.5 Å². The van der Waals surface area contributed by atoms with Crippen molar-refractivity contribution in [3.63, 3.8) is 0 Å². The van der Waals surface area contributed by atoms with Gasteiger partial charge in [-0.1, -0.05) is 61.4 Å². The topological polar surface area (TPSA) is 108 Å². The Morgan fingerprint density at radius 1 is 1.00 bits per heavy atom. The van der Waals surface area contributed by atoms with E-state index in [1.54, 1.807) is 40.7 Å². The van der Waals surface area contributed by atoms with E-state index in [0.29, 0.717) is 11.3 Å². The molecule has 3 amide bonds. The van der Waals surface area contributed by atoms with E-state index in [1.807, 2.05) is 57.2 Å². The molecule has 8 heteroatoms. The van der Waals surface area contributed by atoms with Crippen LogP contribution in [-0.4, -0.2) is 52.7 Å². The van der Waals surface area contributed by atoms with Crippen molar-refractivity contribution in [1.82, 2.24) is 10.2 Å². The van der Waals surface area contributed by atoms with Crippen LogP contribution in [0.1, 0.15) is 62.9 Å². The van der Waals surface area contributed by atoms with Crippen LogP contribution in [0.3, 0.4) is 0 Å². The van der Waals surface area contributed by atoms with Crippen molar-refractivity contribution >= 4 is 23.6 Å². The molecule has 2 aromatic rings. The molecule has 8 nitrogen and oxygen atoms in total. The minimum atomic E-state index is -1.04. The number of ether oxygens (including phenoxy) is 1. The first-order valence-electron chi connectivity index (χ1n) is 12.6. The fraction of sp³-hybridized carbons (Fsp3) is 0.483. The lowest BCUT2D eigenvalue weighted by atomic mass is 9.96. The number of alkyl carbamates (subject to hydrolysis) is 1. The molecule has 2 unspecified atom stereocenters. The molecule has 2 aromatic carbocycles. The van der Waals surface area contributed by atoms with E-state index < -0.39 is 35.6 Å². The number of hydrogen-bond acceptors (Lipinski definition) is 5. The second-order valence-corrected chi connectivity index (χ2v) is 10.8. The fourth-order valence-electron chi connectivity index (χ4n) is 4.16. The highest BCUT2D eigenvalue weighted by Crippen LogP contribution is 2.27. The molecule has 0 bridgehead atoms. The molecule has 0 aromatic heterocycles. The first-order valence-corrected chi connectivity index (χ1v) is 12.6. The van der Waals surface area contributed by atoms with Gasteiger partial charge in [-0.15, -0.1) is 0 Å². The zero-order valence-electron chi connectivity index (χ0n) is 23.2. The highest BCUT2D eigenvalue weighted by Gasteiger charge is 2.37. The third kappa shape index (κ3) is 8.60. The van der Waals surface area contributed by atoms with Gasteiger partial charge in [0.05, 0.1) is 6.61 Å². The number of nitrogens with one attached hydrogen (secondary N) is 2. The smallest absolute Gasteiger partial charge is 0.408 e. The third-order valence-corrected chi connectivity index (χ3v) is 5.75. The standard InChI is InChI=1S/C29H41N3O5/c1-18(2)24(31-28(36)37-29(6,7)8)27(35)32(13-14-33)25(22-16-19(3)15-20(4)17-22)26(34)30-23-12-10-9-11-21(23)5/h9-12,15-18,24-25,33H,13-14H2,1-8H3,(H,30,34)(H,31,36). The van der Waals surface area contributed by atoms with E-state index in [2.05, 4.69) is 10.6 Å². The number of para-hydroxylation sites is 1. The predicted octanol–water partition coefficient (Wildman–Crippen LogP) is 4.66. The molecule has 3 N–H and O–H groups in total. The number of carbonyl (C=O) groups is 3. The van der Waals surface area contributed by atoms with Gasteiger partial charge in [-0.25, -0.2) is 4.79 Å². The largest absolute Gasteiger partial charge is 0.444 e. The maximum absolute atomic E-state index is 13.9. The summed E-state index contributed by atoms with van der Waals surface area (Å²) in [5.41, 5.74) is 3.26. The highest BCUT2D eigenvalue weighted by molar-refractivity contribution is 5.99. The number of carbonyl (C=O) groups excluding carboxylic acids is 3. The molecule has 0 radical (unpaired) electrons. The Hall–Kier alpha value is -3.39. The zero-order chi connectivity index (χ0) is 27.9. The molecule has 0 fully saturated rings. The predicted molar refractivity (Wildman–Crippen MR) is 145 cm³/mol. The van der Waals surface area contributed by atoms with Gasteiger partial charge in [-0.3, -0.25) is 9.59 Å². The van der Waals surface area contributed by atoms with Gasteiger partial charge >= 0.3 is 6.09 Å². The molecule has 2 atom stereocenters. The summed E-state index contributed by atoms with van der Waals surface area (Å²) in [5, 5.41) is 15.6. The van der Waals surface area contributed by atoms with E-state index in [1.165, 1.54) is 4.90 Å². The Bertz CT molecular complexity index is 1090. The molecule has 0 aliphatic rings. The molecule has 202 valence electrons. The summed E-state index contributed by atoms with van der Waals surface area (Å²) in [4.78, 5) is 41.7. The number of amides is 3. The van der Waals surface area contributed by atoms with E-state index in [-0.39, 0.29) is 19.1 Å². The van der Waals surface area contributed by atoms with Gasteiger partial charge in [0.2, 0.25) is 5.91 Å². The summed E-state index contributed by atoms with van der Waals surface area (Å²) in [6.07, 6.45) is -0.726. The molecular weight excluding hydrogens is 470 g/mol. The second kappa shape index (κ2) is 12.7. The van der Waals surface area contributed by atoms with Crippen LogP contribution in [0.5, 0.6) is 0 Å². The fourth-order valence-corrected chi connectivity index (χ4v) is 4.16. The number of rotatable bonds is 9. The van der Waals surface area contributed by atoms with E-state index >= 15 is 0 Å². The lowest BCUT2D eigenvalue weighted by Gasteiger charge is -2.35. The van der Waals surface area contributed by atoms with Gasteiger partial charge in [-0.2, -0.15) is 0 Å². The molecular formula is C29H41N3O5. The number of aryl methyl sites for hydroxylation is 3. The Balaban J connectivity index is 2.54. The van der Waals surface area contributed by atoms with E-state index in [9.17, 15) is 19.5 Å². The maximum Gasteiger partial charge on any atom is 0.408 e. The summed E-state index contributed by atoms with van der Waals surface area (Å²) in [6, 6.07) is 11.1. The summed E-state index contributed by atoms with van der Waals surface area (Å²) in [5.74, 6) is -1.21. The van der Waals surface area contributed by atoms with Crippen LogP contribution in [0.25, 0.3) is 0 Å². The van der Waals surface area contributed by atoms with Crippen LogP contribution in [0.15, 0.2) is 42.5 Å². The minimum Gasteiger partial charge on any atom is -0.444 e. The number of nitrogens with zero attached hydrogens (tertiary/aromatic N) is 1. The Kier molecular flexibility index (Phi) is 10.3. The van der Waals surface area contributed by atoms with Gasteiger partial charge in [0.25, 0.3) is 5.91 Å². The van der Waals surface area contributed by atoms with Crippen LogP contribution in [0, 0.1) is 26.7 Å². The highest BCUT2D eigenvalue weighted by atomic mass is 16.6. The van der Waals surface area contributed by atoms with Crippen molar-refractivity contribution in [2.45, 2.75) is 73.1 Å². The van der Waals surface area contributed by atoms with Gasteiger partial charge in [0.1, 0.15) is 17.7 Å². The Morgan fingerprint density at radius 2 is 1.59 bits per heavy atom. The molecule has 2 rings (SSSR count). The van der Waals surface area contributed by atoms with Crippen molar-refractivity contribution in [2.24, 2.45) is 5.92 Å². The van der Waals surface area contributed by atoms with Crippen LogP contribution in [-0.2, 0) is 14.3 Å². The van der Waals surface area contributed by atoms with Crippen molar-refractivity contribution < 1.29 is 24.2 Å². The number of hydrogen-bond donors (Lipinski definition) is 3. The molecule has 0 aliphatic heterocycles. The molecule has 0 heterocycles. The average molecular weight is 512 g/mol. The Morgan fingerprint density at radius 3 is 2.11 bits per heavy atom. The van der Waals surface area contributed by atoms with Gasteiger partial charge in [0, 0.05) is 12.2 Å². The molecule has 0 saturated carbocycles. The first kappa shape index (κ1) is 29.8. The third-order valence-electron chi connectivity index (χ3n) is 5.75. The quantitative estimate of drug-likeness (QED) is 0.454. The Labute approximate surface area is 220 Å². The summed E-state index contributed by atoms with van der Waals surface area (Å²) >= 11 is 0. The monoisotopic (exact) mass is 511 g/mol. The van der Waals surface area contributed by atoms with E-state index in [0.717, 1.165) is 16.7 Å². The van der Waals surface area contributed by atoms with Gasteiger partial charge < -0.3 is 25.4 Å². The normalized spacial score (nSPS) is 13.0. The SMILES string of the molecule is Cc1cc(C)cc(C(C(=O)Nc2ccccc2C)N(CCO)C(=O)C(NC(=O)OC(C)(C)C)C(C)C)c1. The van der Waals surface area contributed by atoms with Crippen LogP contribution in [0.4, 0.5) is 10.5 Å².